The fraction of sp³-hybridized carbons (Fsp3) is 0.0476. The summed E-state index contributed by atoms with van der Waals surface area (Å²) in [7, 11) is 3.60. The van der Waals surface area contributed by atoms with Crippen molar-refractivity contribution in [1.82, 2.24) is 24.1 Å². The number of aromatic nitrogens is 5. The van der Waals surface area contributed by atoms with E-state index in [2.05, 4.69) is 91.0 Å². The predicted molar refractivity (Wildman–Crippen MR) is 202 cm³/mol. The molecule has 0 aliphatic heterocycles. The smallest absolute Gasteiger partial charge is 0.295 e. The van der Waals surface area contributed by atoms with E-state index in [1.165, 1.54) is 20.2 Å². The summed E-state index contributed by atoms with van der Waals surface area (Å²) in [5, 5.41) is 2.58. The van der Waals surface area contributed by atoms with Gasteiger partial charge >= 0.3 is 5.69 Å². The van der Waals surface area contributed by atoms with Crippen LogP contribution in [0.5, 0.6) is 0 Å². The van der Waals surface area contributed by atoms with Crippen molar-refractivity contribution in [2.24, 2.45) is 14.1 Å². The van der Waals surface area contributed by atoms with E-state index in [1.807, 2.05) is 59.9 Å². The van der Waals surface area contributed by atoms with Gasteiger partial charge in [-0.05, 0) is 52.6 Å². The highest BCUT2D eigenvalue weighted by Gasteiger charge is 2.15. The molecule has 9 aromatic rings. The van der Waals surface area contributed by atoms with Gasteiger partial charge in [0.05, 0.1) is 11.0 Å². The zero-order valence-corrected chi connectivity index (χ0v) is 27.6. The lowest BCUT2D eigenvalue weighted by Crippen LogP contribution is -2.19. The summed E-state index contributed by atoms with van der Waals surface area (Å²) >= 11 is 1.82. The minimum absolute atomic E-state index is 0.0369. The molecular formula is C42H29N5OS. The van der Waals surface area contributed by atoms with Crippen LogP contribution in [0.4, 0.5) is 0 Å². The zero-order valence-electron chi connectivity index (χ0n) is 26.8. The molecule has 0 N–H and O–H groups in total. The fourth-order valence-electron chi connectivity index (χ4n) is 6.59. The first-order valence-electron chi connectivity index (χ1n) is 16.1. The summed E-state index contributed by atoms with van der Waals surface area (Å²) in [6.45, 7) is 0. The maximum Gasteiger partial charge on any atom is 0.328 e. The highest BCUT2D eigenvalue weighted by Crippen LogP contribution is 2.37. The molecule has 0 aliphatic carbocycles. The molecule has 0 atom stereocenters. The highest BCUT2D eigenvalue weighted by atomic mass is 32.1. The van der Waals surface area contributed by atoms with Crippen LogP contribution in [0.2, 0.25) is 0 Å². The number of nitrogens with zero attached hydrogens (tertiary/aromatic N) is 5. The lowest BCUT2D eigenvalue weighted by atomic mass is 10.0. The van der Waals surface area contributed by atoms with Crippen molar-refractivity contribution >= 4 is 42.5 Å². The second kappa shape index (κ2) is 11.5. The van der Waals surface area contributed by atoms with Crippen molar-refractivity contribution < 1.29 is 0 Å². The number of benzene rings is 6. The van der Waals surface area contributed by atoms with E-state index < -0.39 is 0 Å². The molecule has 6 aromatic carbocycles. The maximum atomic E-state index is 12.5. The Bertz CT molecular complexity index is 2760. The Morgan fingerprint density at radius 3 is 1.76 bits per heavy atom. The Hall–Kier alpha value is -6.18. The Balaban J connectivity index is 1.11. The Labute approximate surface area is 286 Å². The van der Waals surface area contributed by atoms with Crippen LogP contribution >= 0.6 is 11.3 Å². The van der Waals surface area contributed by atoms with Gasteiger partial charge in [0.15, 0.2) is 17.5 Å². The normalized spacial score (nSPS) is 11.6. The average Bonchev–Trinajstić information content (AvgIpc) is 3.64. The third-order valence-electron chi connectivity index (χ3n) is 9.25. The van der Waals surface area contributed by atoms with Gasteiger partial charge in [-0.25, -0.2) is 19.7 Å². The second-order valence-corrected chi connectivity index (χ2v) is 13.3. The van der Waals surface area contributed by atoms with Gasteiger partial charge in [0.2, 0.25) is 0 Å². The molecule has 0 saturated heterocycles. The van der Waals surface area contributed by atoms with Crippen molar-refractivity contribution in [3.05, 3.63) is 150 Å². The molecule has 0 bridgehead atoms. The maximum absolute atomic E-state index is 12.5. The van der Waals surface area contributed by atoms with Crippen LogP contribution < -0.4 is 5.69 Å². The van der Waals surface area contributed by atoms with Crippen LogP contribution in [0.3, 0.4) is 0 Å². The summed E-state index contributed by atoms with van der Waals surface area (Å²) in [4.78, 5) is 27.4. The average molecular weight is 652 g/mol. The van der Waals surface area contributed by atoms with Gasteiger partial charge in [-0.2, -0.15) is 0 Å². The van der Waals surface area contributed by atoms with E-state index in [4.69, 9.17) is 15.0 Å². The number of hydrogen-bond donors (Lipinski definition) is 0. The largest absolute Gasteiger partial charge is 0.328 e. The van der Waals surface area contributed by atoms with E-state index in [1.54, 1.807) is 23.2 Å². The Morgan fingerprint density at radius 2 is 0.959 bits per heavy atom. The van der Waals surface area contributed by atoms with E-state index in [0.717, 1.165) is 50.0 Å². The van der Waals surface area contributed by atoms with E-state index in [-0.39, 0.29) is 5.69 Å². The summed E-state index contributed by atoms with van der Waals surface area (Å²) in [6, 6.07) is 48.1. The first-order chi connectivity index (χ1) is 24.0. The second-order valence-electron chi connectivity index (χ2n) is 12.2. The van der Waals surface area contributed by atoms with Crippen molar-refractivity contribution in [3.63, 3.8) is 0 Å². The number of rotatable bonds is 5. The standard InChI is InChI=1S/C42H29N5OS/c1-46-35-22-20-30(24-36(35)47(2)42(46)48)26-15-17-28(18-16-26)40-43-39(27-9-4-3-5-10-27)44-41(45-40)32-12-8-11-29(23-32)31-19-21-34-33-13-6-7-14-37(33)49-38(34)25-31/h3-25H,1-2H3. The van der Waals surface area contributed by atoms with Crippen molar-refractivity contribution in [2.75, 3.05) is 0 Å². The lowest BCUT2D eigenvalue weighted by Gasteiger charge is -2.10. The molecule has 0 aliphatic rings. The van der Waals surface area contributed by atoms with E-state index in [0.29, 0.717) is 17.5 Å². The van der Waals surface area contributed by atoms with Gasteiger partial charge in [0.1, 0.15) is 0 Å². The van der Waals surface area contributed by atoms with Crippen molar-refractivity contribution in [1.29, 1.82) is 0 Å². The van der Waals surface area contributed by atoms with Crippen molar-refractivity contribution in [2.45, 2.75) is 0 Å². The first kappa shape index (κ1) is 29.0. The molecule has 3 heterocycles. The molecule has 0 spiro atoms. The van der Waals surface area contributed by atoms with Gasteiger partial charge in [-0.3, -0.25) is 9.13 Å². The Morgan fingerprint density at radius 1 is 0.429 bits per heavy atom. The van der Waals surface area contributed by atoms with Gasteiger partial charge in [-0.15, -0.1) is 11.3 Å². The molecule has 0 unspecified atom stereocenters. The first-order valence-corrected chi connectivity index (χ1v) is 16.9. The molecule has 6 nitrogen and oxygen atoms in total. The summed E-state index contributed by atoms with van der Waals surface area (Å²) in [6.07, 6.45) is 0. The topological polar surface area (TPSA) is 65.6 Å². The van der Waals surface area contributed by atoms with Crippen LogP contribution in [0, 0.1) is 0 Å². The van der Waals surface area contributed by atoms with Gasteiger partial charge < -0.3 is 0 Å². The third-order valence-corrected chi connectivity index (χ3v) is 10.4. The molecule has 0 amide bonds. The molecule has 7 heteroatoms. The zero-order chi connectivity index (χ0) is 33.1. The number of thiophene rings is 1. The number of imidazole rings is 1. The number of aryl methyl sites for hydroxylation is 2. The van der Waals surface area contributed by atoms with Gasteiger partial charge in [-0.1, -0.05) is 109 Å². The highest BCUT2D eigenvalue weighted by molar-refractivity contribution is 7.25. The Kier molecular flexibility index (Phi) is 6.81. The van der Waals surface area contributed by atoms with Crippen molar-refractivity contribution in [3.8, 4) is 56.4 Å². The van der Waals surface area contributed by atoms with Crippen LogP contribution in [-0.2, 0) is 14.1 Å². The summed E-state index contributed by atoms with van der Waals surface area (Å²) in [5.41, 5.74) is 8.85. The van der Waals surface area contributed by atoms with Gasteiger partial charge in [0.25, 0.3) is 0 Å². The molecule has 0 radical (unpaired) electrons. The van der Waals surface area contributed by atoms with Crippen LogP contribution in [-0.4, -0.2) is 24.1 Å². The minimum Gasteiger partial charge on any atom is -0.295 e. The predicted octanol–water partition coefficient (Wildman–Crippen LogP) is 9.76. The molecule has 234 valence electrons. The van der Waals surface area contributed by atoms with Crippen LogP contribution in [0.25, 0.3) is 87.6 Å². The summed E-state index contributed by atoms with van der Waals surface area (Å²) < 4.78 is 5.92. The monoisotopic (exact) mass is 651 g/mol. The molecule has 3 aromatic heterocycles. The third kappa shape index (κ3) is 5.03. The molecule has 0 fully saturated rings. The number of hydrogen-bond acceptors (Lipinski definition) is 5. The SMILES string of the molecule is Cn1c(=O)n(C)c2cc(-c3ccc(-c4nc(-c5ccccc5)nc(-c5cccc(-c6ccc7c(c6)sc6ccccc67)c5)n4)cc3)ccc21. The molecular weight excluding hydrogens is 623 g/mol. The minimum atomic E-state index is -0.0369. The van der Waals surface area contributed by atoms with Crippen LogP contribution in [0.15, 0.2) is 144 Å². The number of fused-ring (bicyclic) bond motifs is 4. The molecule has 0 saturated carbocycles. The van der Waals surface area contributed by atoms with E-state index in [9.17, 15) is 4.79 Å². The van der Waals surface area contributed by atoms with E-state index >= 15 is 0 Å². The van der Waals surface area contributed by atoms with Crippen LogP contribution in [0.1, 0.15) is 0 Å². The van der Waals surface area contributed by atoms with Gasteiger partial charge in [0, 0.05) is 51.0 Å². The molecule has 49 heavy (non-hydrogen) atoms. The summed E-state index contributed by atoms with van der Waals surface area (Å²) in [5.74, 6) is 1.85. The molecule has 9 rings (SSSR count). The fourth-order valence-corrected chi connectivity index (χ4v) is 7.74. The lowest BCUT2D eigenvalue weighted by molar-refractivity contribution is 0.795. The quantitative estimate of drug-likeness (QED) is 0.186.